The van der Waals surface area contributed by atoms with Crippen LogP contribution in [0.1, 0.15) is 35.8 Å². The number of ether oxygens (including phenoxy) is 1. The van der Waals surface area contributed by atoms with Gasteiger partial charge in [-0.05, 0) is 29.8 Å². The van der Waals surface area contributed by atoms with Crippen LogP contribution in [-0.4, -0.2) is 35.2 Å². The van der Waals surface area contributed by atoms with Gasteiger partial charge in [-0.1, -0.05) is 13.0 Å². The average Bonchev–Trinajstić information content (AvgIpc) is 2.65. The Balaban J connectivity index is 2.09. The molecule has 142 valence electrons. The van der Waals surface area contributed by atoms with Gasteiger partial charge in [-0.2, -0.15) is 4.98 Å². The van der Waals surface area contributed by atoms with Crippen LogP contribution in [-0.2, 0) is 4.79 Å². The van der Waals surface area contributed by atoms with Crippen LogP contribution in [0, 0.1) is 5.92 Å². The van der Waals surface area contributed by atoms with Crippen molar-refractivity contribution >= 4 is 23.3 Å². The first kappa shape index (κ1) is 18.7. The Morgan fingerprint density at radius 2 is 2.04 bits per heavy atom. The fraction of sp³-hybridized carbons (Fsp3) is 0.316. The minimum atomic E-state index is -1.03. The van der Waals surface area contributed by atoms with E-state index in [4.69, 9.17) is 10.5 Å². The molecule has 2 amide bonds. The number of carbonyl (C=O) groups excluding carboxylic acids is 2. The van der Waals surface area contributed by atoms with E-state index in [2.05, 4.69) is 10.3 Å². The van der Waals surface area contributed by atoms with Crippen molar-refractivity contribution in [1.82, 2.24) is 4.98 Å². The maximum atomic E-state index is 12.1. The molecule has 2 heterocycles. The Morgan fingerprint density at radius 1 is 1.30 bits per heavy atom. The van der Waals surface area contributed by atoms with Crippen molar-refractivity contribution in [3.8, 4) is 5.88 Å². The predicted octanol–water partition coefficient (Wildman–Crippen LogP) is 1.66. The lowest BCUT2D eigenvalue weighted by Gasteiger charge is -2.42. The number of anilines is 2. The number of fused-ring (bicyclic) bond motifs is 1. The molecule has 2 aromatic rings. The molecule has 1 aromatic carbocycles. The topological polar surface area (TPSA) is 118 Å². The number of pyridine rings is 1. The third-order valence-electron chi connectivity index (χ3n) is 4.74. The molecule has 3 atom stereocenters. The Hall–Kier alpha value is -3.13. The number of aliphatic hydroxyl groups is 1. The lowest BCUT2D eigenvalue weighted by Crippen LogP contribution is -2.50. The zero-order valence-corrected chi connectivity index (χ0v) is 15.3. The molecule has 0 radical (unpaired) electrons. The number of methoxy groups -OCH3 is 1. The number of hydrogen-bond donors (Lipinski definition) is 3. The van der Waals surface area contributed by atoms with Crippen LogP contribution in [0.15, 0.2) is 36.4 Å². The Bertz CT molecular complexity index is 886. The highest BCUT2D eigenvalue weighted by molar-refractivity contribution is 5.97. The van der Waals surface area contributed by atoms with Gasteiger partial charge in [-0.3, -0.25) is 14.5 Å². The SMILES string of the molecule is COc1cccc(N[C@H]2c3cc(C(N)=O)ccc3N(C(C)=O)[C@@H](O)[C@@H]2C)n1. The summed E-state index contributed by atoms with van der Waals surface area (Å²) >= 11 is 0. The number of nitrogens with zero attached hydrogens (tertiary/aromatic N) is 2. The van der Waals surface area contributed by atoms with Crippen LogP contribution < -0.4 is 20.7 Å². The monoisotopic (exact) mass is 370 g/mol. The van der Waals surface area contributed by atoms with E-state index in [-0.39, 0.29) is 11.8 Å². The molecule has 27 heavy (non-hydrogen) atoms. The number of nitrogens with two attached hydrogens (primary N) is 1. The van der Waals surface area contributed by atoms with Gasteiger partial charge in [-0.25, -0.2) is 0 Å². The minimum absolute atomic E-state index is 0.291. The molecule has 0 bridgehead atoms. The first-order chi connectivity index (χ1) is 12.8. The Kier molecular flexibility index (Phi) is 5.00. The summed E-state index contributed by atoms with van der Waals surface area (Å²) < 4.78 is 5.15. The summed E-state index contributed by atoms with van der Waals surface area (Å²) in [5.74, 6) is -0.243. The van der Waals surface area contributed by atoms with E-state index >= 15 is 0 Å². The molecule has 0 unspecified atom stereocenters. The summed E-state index contributed by atoms with van der Waals surface area (Å²) in [5.41, 5.74) is 6.96. The molecule has 0 saturated heterocycles. The largest absolute Gasteiger partial charge is 0.481 e. The number of carbonyl (C=O) groups is 2. The quantitative estimate of drug-likeness (QED) is 0.753. The van der Waals surface area contributed by atoms with E-state index in [1.165, 1.54) is 18.9 Å². The molecular weight excluding hydrogens is 348 g/mol. The molecule has 8 heteroatoms. The van der Waals surface area contributed by atoms with Crippen molar-refractivity contribution in [2.75, 3.05) is 17.3 Å². The van der Waals surface area contributed by atoms with Crippen molar-refractivity contribution in [2.24, 2.45) is 11.7 Å². The second kappa shape index (κ2) is 7.24. The molecule has 0 aliphatic carbocycles. The van der Waals surface area contributed by atoms with Crippen LogP contribution in [0.2, 0.25) is 0 Å². The Morgan fingerprint density at radius 3 is 2.67 bits per heavy atom. The lowest BCUT2D eigenvalue weighted by atomic mass is 9.85. The third kappa shape index (κ3) is 3.43. The number of benzene rings is 1. The van der Waals surface area contributed by atoms with Gasteiger partial charge in [-0.15, -0.1) is 0 Å². The van der Waals surface area contributed by atoms with Gasteiger partial charge in [0.1, 0.15) is 12.0 Å². The minimum Gasteiger partial charge on any atom is -0.481 e. The zero-order chi connectivity index (χ0) is 19.7. The van der Waals surface area contributed by atoms with Crippen LogP contribution in [0.5, 0.6) is 5.88 Å². The molecular formula is C19H22N4O4. The van der Waals surface area contributed by atoms with Gasteiger partial charge in [0.15, 0.2) is 0 Å². The van der Waals surface area contributed by atoms with Gasteiger partial charge >= 0.3 is 0 Å². The van der Waals surface area contributed by atoms with E-state index in [0.29, 0.717) is 28.5 Å². The lowest BCUT2D eigenvalue weighted by molar-refractivity contribution is -0.119. The van der Waals surface area contributed by atoms with E-state index in [0.717, 1.165) is 0 Å². The van der Waals surface area contributed by atoms with E-state index in [1.807, 2.05) is 6.92 Å². The summed E-state index contributed by atoms with van der Waals surface area (Å²) in [6, 6.07) is 9.70. The van der Waals surface area contributed by atoms with Crippen LogP contribution in [0.3, 0.4) is 0 Å². The highest BCUT2D eigenvalue weighted by atomic mass is 16.5. The van der Waals surface area contributed by atoms with Gasteiger partial charge in [0.25, 0.3) is 0 Å². The normalized spacial score (nSPS) is 21.3. The molecule has 1 aromatic heterocycles. The third-order valence-corrected chi connectivity index (χ3v) is 4.74. The molecule has 8 nitrogen and oxygen atoms in total. The van der Waals surface area contributed by atoms with Gasteiger partial charge < -0.3 is 20.9 Å². The molecule has 4 N–H and O–H groups in total. The fourth-order valence-corrected chi connectivity index (χ4v) is 3.34. The number of rotatable bonds is 4. The molecule has 0 saturated carbocycles. The van der Waals surface area contributed by atoms with Gasteiger partial charge in [0.2, 0.25) is 17.7 Å². The fourth-order valence-electron chi connectivity index (χ4n) is 3.34. The van der Waals surface area contributed by atoms with Crippen LogP contribution >= 0.6 is 0 Å². The van der Waals surface area contributed by atoms with Gasteiger partial charge in [0, 0.05) is 24.5 Å². The second-order valence-electron chi connectivity index (χ2n) is 6.49. The first-order valence-corrected chi connectivity index (χ1v) is 8.52. The van der Waals surface area contributed by atoms with E-state index in [1.54, 1.807) is 36.4 Å². The summed E-state index contributed by atoms with van der Waals surface area (Å²) in [6.07, 6.45) is -1.03. The summed E-state index contributed by atoms with van der Waals surface area (Å²) in [6.45, 7) is 3.21. The summed E-state index contributed by atoms with van der Waals surface area (Å²) in [5, 5.41) is 14.0. The summed E-state index contributed by atoms with van der Waals surface area (Å²) in [4.78, 5) is 29.4. The van der Waals surface area contributed by atoms with Crippen molar-refractivity contribution < 1.29 is 19.4 Å². The number of hydrogen-bond acceptors (Lipinski definition) is 6. The second-order valence-corrected chi connectivity index (χ2v) is 6.49. The predicted molar refractivity (Wildman–Crippen MR) is 100 cm³/mol. The molecule has 1 aliphatic heterocycles. The standard InChI is InChI=1S/C19H22N4O4/c1-10-17(22-15-5-4-6-16(21-15)27-3)13-9-12(18(20)25)7-8-14(13)23(11(2)24)19(10)26/h4-10,17,19,26H,1-3H3,(H2,20,25)(H,21,22)/t10-,17-,19+/m1/s1. The molecule has 0 spiro atoms. The Labute approximate surface area is 157 Å². The first-order valence-electron chi connectivity index (χ1n) is 8.52. The van der Waals surface area contributed by atoms with Crippen LogP contribution in [0.25, 0.3) is 0 Å². The number of primary amides is 1. The molecule has 0 fully saturated rings. The highest BCUT2D eigenvalue weighted by Gasteiger charge is 2.40. The van der Waals surface area contributed by atoms with Gasteiger partial charge in [0.05, 0.1) is 18.8 Å². The number of nitrogens with one attached hydrogen (secondary N) is 1. The van der Waals surface area contributed by atoms with Crippen molar-refractivity contribution in [1.29, 1.82) is 0 Å². The number of aromatic nitrogens is 1. The maximum absolute atomic E-state index is 12.1. The van der Waals surface area contributed by atoms with E-state index < -0.39 is 18.2 Å². The van der Waals surface area contributed by atoms with E-state index in [9.17, 15) is 14.7 Å². The maximum Gasteiger partial charge on any atom is 0.248 e. The summed E-state index contributed by atoms with van der Waals surface area (Å²) in [7, 11) is 1.53. The molecule has 3 rings (SSSR count). The zero-order valence-electron chi connectivity index (χ0n) is 15.3. The highest BCUT2D eigenvalue weighted by Crippen LogP contribution is 2.42. The molecule has 1 aliphatic rings. The van der Waals surface area contributed by atoms with Crippen molar-refractivity contribution in [3.05, 3.63) is 47.5 Å². The van der Waals surface area contributed by atoms with Crippen molar-refractivity contribution in [3.63, 3.8) is 0 Å². The van der Waals surface area contributed by atoms with Crippen molar-refractivity contribution in [2.45, 2.75) is 26.1 Å². The van der Waals surface area contributed by atoms with Crippen LogP contribution in [0.4, 0.5) is 11.5 Å². The average molecular weight is 370 g/mol. The number of aliphatic hydroxyl groups excluding tert-OH is 1. The number of amides is 2. The smallest absolute Gasteiger partial charge is 0.248 e.